The molecule has 0 radical (unpaired) electrons. The van der Waals surface area contributed by atoms with Crippen LogP contribution in [0.4, 0.5) is 5.69 Å². The van der Waals surface area contributed by atoms with Gasteiger partial charge in [0.25, 0.3) is 0 Å². The standard InChI is InChI=1S/C21H23N5O2S/c1-3-16-9-5-6-10-17(16)24-19(27)12-22-20(28)13-29-21-25-23-14-26(21)18-11-7-4-8-15(18)2/h4-11,14H,3,12-13H2,1-2H3,(H,22,28)(H,24,27). The summed E-state index contributed by atoms with van der Waals surface area (Å²) in [6.07, 6.45) is 2.45. The molecule has 0 atom stereocenters. The van der Waals surface area contributed by atoms with Crippen LogP contribution in [0.1, 0.15) is 18.1 Å². The van der Waals surface area contributed by atoms with E-state index in [-0.39, 0.29) is 24.1 Å². The fourth-order valence-corrected chi connectivity index (χ4v) is 3.58. The van der Waals surface area contributed by atoms with Crippen LogP contribution in [0.3, 0.4) is 0 Å². The number of hydrogen-bond donors (Lipinski definition) is 2. The lowest BCUT2D eigenvalue weighted by Gasteiger charge is -2.11. The number of rotatable bonds is 8. The average Bonchev–Trinajstić information content (AvgIpc) is 3.20. The third kappa shape index (κ3) is 5.45. The highest BCUT2D eigenvalue weighted by atomic mass is 32.2. The molecule has 7 nitrogen and oxygen atoms in total. The molecule has 1 aromatic heterocycles. The van der Waals surface area contributed by atoms with Gasteiger partial charge in [-0.05, 0) is 36.6 Å². The van der Waals surface area contributed by atoms with Crippen molar-refractivity contribution in [1.29, 1.82) is 0 Å². The number of nitrogens with one attached hydrogen (secondary N) is 2. The Morgan fingerprint density at radius 1 is 1.07 bits per heavy atom. The molecule has 2 aromatic carbocycles. The Labute approximate surface area is 173 Å². The van der Waals surface area contributed by atoms with Gasteiger partial charge in [-0.3, -0.25) is 14.2 Å². The van der Waals surface area contributed by atoms with E-state index in [1.54, 1.807) is 6.33 Å². The van der Waals surface area contributed by atoms with Gasteiger partial charge in [0.2, 0.25) is 11.8 Å². The summed E-state index contributed by atoms with van der Waals surface area (Å²) in [7, 11) is 0. The van der Waals surface area contributed by atoms with Gasteiger partial charge in [-0.2, -0.15) is 0 Å². The summed E-state index contributed by atoms with van der Waals surface area (Å²) in [5, 5.41) is 14.1. The number of amides is 2. The van der Waals surface area contributed by atoms with E-state index in [0.29, 0.717) is 5.16 Å². The molecule has 0 aliphatic carbocycles. The van der Waals surface area contributed by atoms with Crippen molar-refractivity contribution in [2.24, 2.45) is 0 Å². The van der Waals surface area contributed by atoms with Crippen LogP contribution in [-0.2, 0) is 16.0 Å². The van der Waals surface area contributed by atoms with Gasteiger partial charge in [-0.25, -0.2) is 0 Å². The molecule has 29 heavy (non-hydrogen) atoms. The number of benzene rings is 2. The molecule has 3 rings (SSSR count). The van der Waals surface area contributed by atoms with Crippen LogP contribution in [0.25, 0.3) is 5.69 Å². The molecule has 150 valence electrons. The highest BCUT2D eigenvalue weighted by Gasteiger charge is 2.12. The normalized spacial score (nSPS) is 10.6. The number of aryl methyl sites for hydroxylation is 2. The summed E-state index contributed by atoms with van der Waals surface area (Å²) in [6, 6.07) is 15.5. The fraction of sp³-hybridized carbons (Fsp3) is 0.238. The summed E-state index contributed by atoms with van der Waals surface area (Å²) >= 11 is 1.27. The Balaban J connectivity index is 1.51. The Hall–Kier alpha value is -3.13. The molecule has 0 saturated heterocycles. The molecule has 0 fully saturated rings. The van der Waals surface area contributed by atoms with Crippen molar-refractivity contribution in [1.82, 2.24) is 20.1 Å². The van der Waals surface area contributed by atoms with Crippen molar-refractivity contribution >= 4 is 29.3 Å². The third-order valence-electron chi connectivity index (χ3n) is 4.34. The Bertz CT molecular complexity index is 1000. The molecule has 0 saturated carbocycles. The average molecular weight is 410 g/mol. The summed E-state index contributed by atoms with van der Waals surface area (Å²) in [6.45, 7) is 3.95. The zero-order chi connectivity index (χ0) is 20.6. The van der Waals surface area contributed by atoms with Gasteiger partial charge < -0.3 is 10.6 Å². The van der Waals surface area contributed by atoms with Gasteiger partial charge in [-0.1, -0.05) is 55.1 Å². The lowest BCUT2D eigenvalue weighted by Crippen LogP contribution is -2.34. The lowest BCUT2D eigenvalue weighted by atomic mass is 10.1. The predicted octanol–water partition coefficient (Wildman–Crippen LogP) is 2.99. The molecule has 0 spiro atoms. The number of carbonyl (C=O) groups excluding carboxylic acids is 2. The predicted molar refractivity (Wildman–Crippen MR) is 114 cm³/mol. The Morgan fingerprint density at radius 3 is 2.62 bits per heavy atom. The largest absolute Gasteiger partial charge is 0.346 e. The molecule has 0 aliphatic heterocycles. The first-order valence-corrected chi connectivity index (χ1v) is 10.3. The van der Waals surface area contributed by atoms with Crippen molar-refractivity contribution in [3.05, 3.63) is 66.0 Å². The highest BCUT2D eigenvalue weighted by molar-refractivity contribution is 7.99. The summed E-state index contributed by atoms with van der Waals surface area (Å²) in [5.41, 5.74) is 3.88. The molecular formula is C21H23N5O2S. The molecule has 1 heterocycles. The zero-order valence-electron chi connectivity index (χ0n) is 16.4. The van der Waals surface area contributed by atoms with Crippen LogP contribution >= 0.6 is 11.8 Å². The topological polar surface area (TPSA) is 88.9 Å². The third-order valence-corrected chi connectivity index (χ3v) is 5.29. The van der Waals surface area contributed by atoms with Gasteiger partial charge in [0.15, 0.2) is 5.16 Å². The van der Waals surface area contributed by atoms with E-state index in [4.69, 9.17) is 0 Å². The number of thioether (sulfide) groups is 1. The molecule has 0 unspecified atom stereocenters. The highest BCUT2D eigenvalue weighted by Crippen LogP contribution is 2.21. The number of nitrogens with zero attached hydrogens (tertiary/aromatic N) is 3. The van der Waals surface area contributed by atoms with Crippen molar-refractivity contribution in [2.75, 3.05) is 17.6 Å². The van der Waals surface area contributed by atoms with Gasteiger partial charge in [0, 0.05) is 5.69 Å². The van der Waals surface area contributed by atoms with Crippen LogP contribution < -0.4 is 10.6 Å². The van der Waals surface area contributed by atoms with E-state index in [1.807, 2.05) is 66.9 Å². The van der Waals surface area contributed by atoms with Gasteiger partial charge >= 0.3 is 0 Å². The van der Waals surface area contributed by atoms with E-state index in [0.717, 1.165) is 28.9 Å². The van der Waals surface area contributed by atoms with Crippen molar-refractivity contribution in [3.8, 4) is 5.69 Å². The molecule has 0 aliphatic rings. The van der Waals surface area contributed by atoms with E-state index in [2.05, 4.69) is 20.8 Å². The fourth-order valence-electron chi connectivity index (χ4n) is 2.83. The quantitative estimate of drug-likeness (QED) is 0.559. The minimum Gasteiger partial charge on any atom is -0.346 e. The van der Waals surface area contributed by atoms with Crippen LogP contribution in [0.2, 0.25) is 0 Å². The smallest absolute Gasteiger partial charge is 0.243 e. The summed E-state index contributed by atoms with van der Waals surface area (Å²) in [5.74, 6) is -0.357. The van der Waals surface area contributed by atoms with Crippen LogP contribution in [0, 0.1) is 6.92 Å². The first kappa shape index (κ1) is 20.6. The van der Waals surface area contributed by atoms with E-state index >= 15 is 0 Å². The number of para-hydroxylation sites is 2. The summed E-state index contributed by atoms with van der Waals surface area (Å²) < 4.78 is 1.85. The second kappa shape index (κ2) is 9.88. The summed E-state index contributed by atoms with van der Waals surface area (Å²) in [4.78, 5) is 24.3. The number of carbonyl (C=O) groups is 2. The van der Waals surface area contributed by atoms with Crippen LogP contribution in [-0.4, -0.2) is 38.9 Å². The van der Waals surface area contributed by atoms with E-state index in [9.17, 15) is 9.59 Å². The van der Waals surface area contributed by atoms with Gasteiger partial charge in [-0.15, -0.1) is 10.2 Å². The van der Waals surface area contributed by atoms with Crippen LogP contribution in [0.5, 0.6) is 0 Å². The Morgan fingerprint density at radius 2 is 1.83 bits per heavy atom. The molecular weight excluding hydrogens is 386 g/mol. The van der Waals surface area contributed by atoms with E-state index in [1.165, 1.54) is 11.8 Å². The first-order chi connectivity index (χ1) is 14.1. The first-order valence-electron chi connectivity index (χ1n) is 9.31. The monoisotopic (exact) mass is 409 g/mol. The van der Waals surface area contributed by atoms with Gasteiger partial charge in [0.05, 0.1) is 18.0 Å². The minimum absolute atomic E-state index is 0.0814. The maximum Gasteiger partial charge on any atom is 0.243 e. The number of hydrogen-bond acceptors (Lipinski definition) is 5. The molecule has 2 amide bonds. The van der Waals surface area contributed by atoms with Crippen molar-refractivity contribution in [2.45, 2.75) is 25.4 Å². The zero-order valence-corrected chi connectivity index (χ0v) is 17.2. The van der Waals surface area contributed by atoms with Gasteiger partial charge in [0.1, 0.15) is 6.33 Å². The maximum absolute atomic E-state index is 12.2. The molecule has 0 bridgehead atoms. The second-order valence-corrected chi connectivity index (χ2v) is 7.34. The molecule has 8 heteroatoms. The van der Waals surface area contributed by atoms with Crippen molar-refractivity contribution < 1.29 is 9.59 Å². The lowest BCUT2D eigenvalue weighted by molar-refractivity contribution is -0.122. The minimum atomic E-state index is -0.257. The second-order valence-electron chi connectivity index (χ2n) is 6.39. The number of aromatic nitrogens is 3. The molecule has 2 N–H and O–H groups in total. The molecule has 3 aromatic rings. The number of anilines is 1. The Kier molecular flexibility index (Phi) is 7.02. The maximum atomic E-state index is 12.2. The van der Waals surface area contributed by atoms with Crippen LogP contribution in [0.15, 0.2) is 60.0 Å². The van der Waals surface area contributed by atoms with E-state index < -0.39 is 0 Å². The SMILES string of the molecule is CCc1ccccc1NC(=O)CNC(=O)CSc1nncn1-c1ccccc1C. The van der Waals surface area contributed by atoms with Crippen molar-refractivity contribution in [3.63, 3.8) is 0 Å².